The Bertz CT molecular complexity index is 224. The van der Waals surface area contributed by atoms with Gasteiger partial charge in [-0.05, 0) is 57.0 Å². The lowest BCUT2D eigenvalue weighted by Gasteiger charge is -2.41. The molecule has 0 aliphatic heterocycles. The topological polar surface area (TPSA) is 15.3 Å². The van der Waals surface area contributed by atoms with E-state index in [4.69, 9.17) is 0 Å². The van der Waals surface area contributed by atoms with E-state index in [1.54, 1.807) is 0 Å². The van der Waals surface area contributed by atoms with Gasteiger partial charge >= 0.3 is 0 Å². The highest BCUT2D eigenvalue weighted by atomic mass is 15.1. The third kappa shape index (κ3) is 4.24. The highest BCUT2D eigenvalue weighted by molar-refractivity contribution is 4.89. The van der Waals surface area contributed by atoms with Gasteiger partial charge in [-0.2, -0.15) is 0 Å². The largest absolute Gasteiger partial charge is 0.319 e. The predicted molar refractivity (Wildman–Crippen MR) is 78.9 cm³/mol. The third-order valence-electron chi connectivity index (χ3n) is 4.78. The van der Waals surface area contributed by atoms with Gasteiger partial charge in [0.25, 0.3) is 0 Å². The van der Waals surface area contributed by atoms with Gasteiger partial charge in [-0.25, -0.2) is 0 Å². The van der Waals surface area contributed by atoms with Gasteiger partial charge in [-0.3, -0.25) is 0 Å². The molecule has 2 aliphatic rings. The van der Waals surface area contributed by atoms with Crippen LogP contribution in [0.3, 0.4) is 0 Å². The molecule has 2 aliphatic carbocycles. The first kappa shape index (κ1) is 14.3. The summed E-state index contributed by atoms with van der Waals surface area (Å²) in [4.78, 5) is 2.78. The second-order valence-corrected chi connectivity index (χ2v) is 6.77. The molecule has 0 aromatic carbocycles. The van der Waals surface area contributed by atoms with Crippen LogP contribution < -0.4 is 5.32 Å². The number of rotatable bonds is 8. The SMILES string of the molecule is CCCN(CC1CC1)CC1(CNC)CCCCC1. The fraction of sp³-hybridized carbons (Fsp3) is 1.00. The molecule has 0 spiro atoms. The van der Waals surface area contributed by atoms with E-state index >= 15 is 0 Å². The second-order valence-electron chi connectivity index (χ2n) is 6.77. The van der Waals surface area contributed by atoms with E-state index in [0.717, 1.165) is 5.92 Å². The Hall–Kier alpha value is -0.0800. The first-order valence-corrected chi connectivity index (χ1v) is 8.15. The molecule has 1 N–H and O–H groups in total. The van der Waals surface area contributed by atoms with Crippen molar-refractivity contribution in [1.29, 1.82) is 0 Å². The fourth-order valence-electron chi connectivity index (χ4n) is 3.76. The minimum absolute atomic E-state index is 0.580. The number of hydrogen-bond acceptors (Lipinski definition) is 2. The average Bonchev–Trinajstić information content (AvgIpc) is 3.14. The molecule has 0 bridgehead atoms. The summed E-state index contributed by atoms with van der Waals surface area (Å²) in [5.74, 6) is 1.03. The zero-order valence-corrected chi connectivity index (χ0v) is 12.5. The van der Waals surface area contributed by atoms with Gasteiger partial charge in [0.05, 0.1) is 0 Å². The standard InChI is InChI=1S/C16H32N2/c1-3-11-18(12-15-7-8-15)14-16(13-17-2)9-5-4-6-10-16/h15,17H,3-14H2,1-2H3. The van der Waals surface area contributed by atoms with Crippen LogP contribution >= 0.6 is 0 Å². The van der Waals surface area contributed by atoms with Crippen molar-refractivity contribution in [3.63, 3.8) is 0 Å². The van der Waals surface area contributed by atoms with Crippen LogP contribution in [0.5, 0.6) is 0 Å². The van der Waals surface area contributed by atoms with Gasteiger partial charge < -0.3 is 10.2 Å². The van der Waals surface area contributed by atoms with Crippen LogP contribution in [0.15, 0.2) is 0 Å². The van der Waals surface area contributed by atoms with Crippen molar-refractivity contribution >= 4 is 0 Å². The van der Waals surface area contributed by atoms with Gasteiger partial charge in [-0.15, -0.1) is 0 Å². The lowest BCUT2D eigenvalue weighted by atomic mass is 9.73. The molecule has 0 aromatic heterocycles. The summed E-state index contributed by atoms with van der Waals surface area (Å²) in [6, 6.07) is 0. The zero-order valence-electron chi connectivity index (χ0n) is 12.5. The van der Waals surface area contributed by atoms with E-state index in [-0.39, 0.29) is 0 Å². The van der Waals surface area contributed by atoms with Crippen molar-refractivity contribution in [2.45, 2.75) is 58.3 Å². The molecule has 0 unspecified atom stereocenters. The van der Waals surface area contributed by atoms with Crippen molar-refractivity contribution in [3.05, 3.63) is 0 Å². The van der Waals surface area contributed by atoms with E-state index in [9.17, 15) is 0 Å². The summed E-state index contributed by atoms with van der Waals surface area (Å²) >= 11 is 0. The molecule has 0 radical (unpaired) electrons. The Morgan fingerprint density at radius 1 is 1.17 bits per heavy atom. The molecule has 2 saturated carbocycles. The molecule has 2 nitrogen and oxygen atoms in total. The van der Waals surface area contributed by atoms with E-state index in [1.165, 1.54) is 77.5 Å². The summed E-state index contributed by atoms with van der Waals surface area (Å²) in [6.45, 7) is 7.57. The van der Waals surface area contributed by atoms with Crippen molar-refractivity contribution in [2.24, 2.45) is 11.3 Å². The van der Waals surface area contributed by atoms with E-state index in [2.05, 4.69) is 24.2 Å². The molecule has 0 aromatic rings. The van der Waals surface area contributed by atoms with Crippen molar-refractivity contribution in [3.8, 4) is 0 Å². The molecule has 0 amide bonds. The van der Waals surface area contributed by atoms with Gasteiger partial charge in [0.1, 0.15) is 0 Å². The highest BCUT2D eigenvalue weighted by Gasteiger charge is 2.34. The molecule has 2 rings (SSSR count). The molecule has 2 heteroatoms. The lowest BCUT2D eigenvalue weighted by Crippen LogP contribution is -2.45. The molecule has 18 heavy (non-hydrogen) atoms. The van der Waals surface area contributed by atoms with Crippen molar-refractivity contribution in [1.82, 2.24) is 10.2 Å². The Morgan fingerprint density at radius 3 is 2.44 bits per heavy atom. The first-order chi connectivity index (χ1) is 8.78. The van der Waals surface area contributed by atoms with Crippen LogP contribution in [0.2, 0.25) is 0 Å². The summed E-state index contributed by atoms with van der Waals surface area (Å²) in [5.41, 5.74) is 0.580. The minimum atomic E-state index is 0.580. The van der Waals surface area contributed by atoms with Crippen LogP contribution in [0.25, 0.3) is 0 Å². The van der Waals surface area contributed by atoms with Gasteiger partial charge in [-0.1, -0.05) is 26.2 Å². The Labute approximate surface area is 114 Å². The average molecular weight is 252 g/mol. The van der Waals surface area contributed by atoms with Crippen LogP contribution in [0.1, 0.15) is 58.3 Å². The minimum Gasteiger partial charge on any atom is -0.319 e. The Morgan fingerprint density at radius 2 is 1.89 bits per heavy atom. The van der Waals surface area contributed by atoms with Gasteiger partial charge in [0.15, 0.2) is 0 Å². The van der Waals surface area contributed by atoms with Crippen molar-refractivity contribution < 1.29 is 0 Å². The van der Waals surface area contributed by atoms with E-state index in [1.807, 2.05) is 0 Å². The first-order valence-electron chi connectivity index (χ1n) is 8.15. The molecule has 106 valence electrons. The lowest BCUT2D eigenvalue weighted by molar-refractivity contribution is 0.101. The predicted octanol–water partition coefficient (Wildman–Crippen LogP) is 3.28. The van der Waals surface area contributed by atoms with Crippen LogP contribution in [-0.4, -0.2) is 38.1 Å². The maximum atomic E-state index is 3.47. The Balaban J connectivity index is 1.90. The maximum Gasteiger partial charge on any atom is 0.00502 e. The molecular formula is C16H32N2. The summed E-state index contributed by atoms with van der Waals surface area (Å²) in [7, 11) is 2.13. The maximum absolute atomic E-state index is 3.47. The monoisotopic (exact) mass is 252 g/mol. The number of nitrogens with one attached hydrogen (secondary N) is 1. The third-order valence-corrected chi connectivity index (χ3v) is 4.78. The summed E-state index contributed by atoms with van der Waals surface area (Å²) in [6.07, 6.45) is 11.5. The van der Waals surface area contributed by atoms with E-state index in [0.29, 0.717) is 5.41 Å². The molecule has 0 atom stereocenters. The normalized spacial score (nSPS) is 23.5. The Kier molecular flexibility index (Phi) is 5.50. The quantitative estimate of drug-likeness (QED) is 0.713. The van der Waals surface area contributed by atoms with E-state index < -0.39 is 0 Å². The molecule has 2 fully saturated rings. The summed E-state index contributed by atoms with van der Waals surface area (Å²) < 4.78 is 0. The zero-order chi connectivity index (χ0) is 12.8. The number of hydrogen-bond donors (Lipinski definition) is 1. The highest BCUT2D eigenvalue weighted by Crippen LogP contribution is 2.38. The molecular weight excluding hydrogens is 220 g/mol. The van der Waals surface area contributed by atoms with Crippen LogP contribution in [-0.2, 0) is 0 Å². The second kappa shape index (κ2) is 6.91. The van der Waals surface area contributed by atoms with Gasteiger partial charge in [0, 0.05) is 19.6 Å². The summed E-state index contributed by atoms with van der Waals surface area (Å²) in [5, 5.41) is 3.47. The number of nitrogens with zero attached hydrogens (tertiary/aromatic N) is 1. The molecule has 0 heterocycles. The van der Waals surface area contributed by atoms with Gasteiger partial charge in [0.2, 0.25) is 0 Å². The van der Waals surface area contributed by atoms with Crippen LogP contribution in [0, 0.1) is 11.3 Å². The van der Waals surface area contributed by atoms with Crippen molar-refractivity contribution in [2.75, 3.05) is 33.2 Å². The fourth-order valence-corrected chi connectivity index (χ4v) is 3.76. The van der Waals surface area contributed by atoms with Crippen LogP contribution in [0.4, 0.5) is 0 Å². The smallest absolute Gasteiger partial charge is 0.00502 e. The molecule has 0 saturated heterocycles.